The number of nitrogens with zero attached hydrogens (tertiary/aromatic N) is 1. The number of carboxylic acid groups (broad SMARTS) is 1. The molecule has 3 N–H and O–H groups in total. The van der Waals surface area contributed by atoms with Crippen LogP contribution in [0.15, 0.2) is 36.5 Å². The van der Waals surface area contributed by atoms with Gasteiger partial charge in [0.15, 0.2) is 6.10 Å². The number of nitrogens with one attached hydrogen (secondary N) is 1. The van der Waals surface area contributed by atoms with Crippen LogP contribution in [0, 0.1) is 0 Å². The molecule has 1 aromatic carbocycles. The fourth-order valence-corrected chi connectivity index (χ4v) is 2.06. The smallest absolute Gasteiger partial charge is 0.333 e. The van der Waals surface area contributed by atoms with Crippen LogP contribution in [0.1, 0.15) is 19.4 Å². The Labute approximate surface area is 110 Å². The predicted octanol–water partition coefficient (Wildman–Crippen LogP) is 1.80. The standard InChI is InChI=1S/C14H16N2O3/c1-14(2,12(17)13(18)19)10-8-15-16-11(10)9-6-4-3-5-7-9/h3-8,12,17H,1-2H3,(H,15,16)(H,18,19). The third kappa shape index (κ3) is 2.37. The molecule has 19 heavy (non-hydrogen) atoms. The number of aliphatic hydroxyl groups is 1. The quantitative estimate of drug-likeness (QED) is 0.782. The lowest BCUT2D eigenvalue weighted by atomic mass is 9.78. The van der Waals surface area contributed by atoms with Crippen LogP contribution >= 0.6 is 0 Å². The van der Waals surface area contributed by atoms with Gasteiger partial charge in [0.25, 0.3) is 0 Å². The number of aliphatic hydroxyl groups excluding tert-OH is 1. The van der Waals surface area contributed by atoms with E-state index in [-0.39, 0.29) is 0 Å². The van der Waals surface area contributed by atoms with Crippen LogP contribution < -0.4 is 0 Å². The first-order chi connectivity index (χ1) is 8.94. The molecule has 2 aromatic rings. The van der Waals surface area contributed by atoms with Crippen LogP contribution in [0.4, 0.5) is 0 Å². The lowest BCUT2D eigenvalue weighted by Gasteiger charge is -2.27. The molecule has 1 unspecified atom stereocenters. The summed E-state index contributed by atoms with van der Waals surface area (Å²) in [5, 5.41) is 25.7. The van der Waals surface area contributed by atoms with Gasteiger partial charge >= 0.3 is 5.97 Å². The molecule has 5 heteroatoms. The molecule has 0 saturated carbocycles. The molecule has 0 saturated heterocycles. The third-order valence-corrected chi connectivity index (χ3v) is 3.31. The van der Waals surface area contributed by atoms with Crippen LogP contribution in [0.5, 0.6) is 0 Å². The monoisotopic (exact) mass is 260 g/mol. The van der Waals surface area contributed by atoms with Crippen molar-refractivity contribution in [3.63, 3.8) is 0 Å². The third-order valence-electron chi connectivity index (χ3n) is 3.31. The van der Waals surface area contributed by atoms with E-state index >= 15 is 0 Å². The van der Waals surface area contributed by atoms with Crippen molar-refractivity contribution in [1.29, 1.82) is 0 Å². The van der Waals surface area contributed by atoms with Crippen LogP contribution in [-0.2, 0) is 10.2 Å². The zero-order chi connectivity index (χ0) is 14.0. The van der Waals surface area contributed by atoms with Crippen molar-refractivity contribution < 1.29 is 15.0 Å². The van der Waals surface area contributed by atoms with Gasteiger partial charge < -0.3 is 10.2 Å². The Balaban J connectivity index is 2.48. The lowest BCUT2D eigenvalue weighted by Crippen LogP contribution is -2.40. The first kappa shape index (κ1) is 13.3. The first-order valence-electron chi connectivity index (χ1n) is 5.94. The van der Waals surface area contributed by atoms with Gasteiger partial charge in [-0.1, -0.05) is 44.2 Å². The normalized spacial score (nSPS) is 13.2. The number of rotatable bonds is 4. The summed E-state index contributed by atoms with van der Waals surface area (Å²) in [7, 11) is 0. The van der Waals surface area contributed by atoms with Crippen LogP contribution in [0.2, 0.25) is 0 Å². The van der Waals surface area contributed by atoms with Gasteiger partial charge in [-0.2, -0.15) is 5.10 Å². The number of aromatic amines is 1. The topological polar surface area (TPSA) is 86.2 Å². The van der Waals surface area contributed by atoms with Gasteiger partial charge in [-0.05, 0) is 5.56 Å². The van der Waals surface area contributed by atoms with Crippen molar-refractivity contribution >= 4 is 5.97 Å². The highest BCUT2D eigenvalue weighted by atomic mass is 16.4. The molecule has 2 rings (SSSR count). The van der Waals surface area contributed by atoms with Crippen molar-refractivity contribution in [3.05, 3.63) is 42.1 Å². The molecular weight excluding hydrogens is 244 g/mol. The number of H-pyrrole nitrogens is 1. The summed E-state index contributed by atoms with van der Waals surface area (Å²) >= 11 is 0. The Morgan fingerprint density at radius 1 is 1.32 bits per heavy atom. The van der Waals surface area contributed by atoms with Crippen LogP contribution in [-0.4, -0.2) is 32.5 Å². The number of carboxylic acids is 1. The maximum Gasteiger partial charge on any atom is 0.333 e. The van der Waals surface area contributed by atoms with Gasteiger partial charge in [0.05, 0.1) is 11.9 Å². The molecule has 1 atom stereocenters. The van der Waals surface area contributed by atoms with Crippen molar-refractivity contribution in [2.45, 2.75) is 25.4 Å². The van der Waals surface area contributed by atoms with Gasteiger partial charge in [0, 0.05) is 11.0 Å². The van der Waals surface area contributed by atoms with Crippen molar-refractivity contribution in [3.8, 4) is 11.3 Å². The van der Waals surface area contributed by atoms with Crippen molar-refractivity contribution in [1.82, 2.24) is 10.2 Å². The summed E-state index contributed by atoms with van der Waals surface area (Å²) in [4.78, 5) is 11.0. The minimum absolute atomic E-state index is 0.675. The molecule has 0 radical (unpaired) electrons. The van der Waals surface area contributed by atoms with Crippen LogP contribution in [0.25, 0.3) is 11.3 Å². The zero-order valence-electron chi connectivity index (χ0n) is 10.8. The molecule has 0 bridgehead atoms. The summed E-state index contributed by atoms with van der Waals surface area (Å²) in [5.74, 6) is -1.25. The minimum Gasteiger partial charge on any atom is -0.479 e. The Bertz CT molecular complexity index is 575. The summed E-state index contributed by atoms with van der Waals surface area (Å²) < 4.78 is 0. The summed E-state index contributed by atoms with van der Waals surface area (Å²) in [6.45, 7) is 3.37. The van der Waals surface area contributed by atoms with E-state index in [0.29, 0.717) is 5.56 Å². The van der Waals surface area contributed by atoms with Gasteiger partial charge in [0.1, 0.15) is 0 Å². The highest BCUT2D eigenvalue weighted by Gasteiger charge is 2.37. The van der Waals surface area contributed by atoms with E-state index < -0.39 is 17.5 Å². The molecule has 0 spiro atoms. The molecule has 0 fully saturated rings. The van der Waals surface area contributed by atoms with E-state index in [1.165, 1.54) is 0 Å². The number of aromatic nitrogens is 2. The van der Waals surface area contributed by atoms with Crippen LogP contribution in [0.3, 0.4) is 0 Å². The molecule has 0 aliphatic carbocycles. The minimum atomic E-state index is -1.49. The molecule has 0 amide bonds. The summed E-state index contributed by atoms with van der Waals surface area (Å²) in [6, 6.07) is 9.48. The Kier molecular flexibility index (Phi) is 3.40. The van der Waals surface area contributed by atoms with E-state index in [4.69, 9.17) is 5.11 Å². The molecular formula is C14H16N2O3. The van der Waals surface area contributed by atoms with E-state index in [1.54, 1.807) is 20.0 Å². The number of benzene rings is 1. The van der Waals surface area contributed by atoms with Crippen molar-refractivity contribution in [2.75, 3.05) is 0 Å². The second kappa shape index (κ2) is 4.85. The largest absolute Gasteiger partial charge is 0.479 e. The molecule has 100 valence electrons. The molecule has 0 aliphatic heterocycles. The Hall–Kier alpha value is -2.14. The Morgan fingerprint density at radius 2 is 1.95 bits per heavy atom. The maximum atomic E-state index is 11.0. The SMILES string of the molecule is CC(C)(c1cn[nH]c1-c1ccccc1)C(O)C(=O)O. The van der Waals surface area contributed by atoms with E-state index in [1.807, 2.05) is 30.3 Å². The molecule has 0 aliphatic rings. The average molecular weight is 260 g/mol. The number of aliphatic carboxylic acids is 1. The van der Waals surface area contributed by atoms with Gasteiger partial charge in [-0.25, -0.2) is 4.79 Å². The first-order valence-corrected chi connectivity index (χ1v) is 5.94. The number of carbonyl (C=O) groups is 1. The summed E-state index contributed by atoms with van der Waals surface area (Å²) in [5.41, 5.74) is 1.37. The Morgan fingerprint density at radius 3 is 2.53 bits per heavy atom. The fourth-order valence-electron chi connectivity index (χ4n) is 2.06. The second-order valence-electron chi connectivity index (χ2n) is 4.99. The summed E-state index contributed by atoms with van der Waals surface area (Å²) in [6.07, 6.45) is 0.0710. The van der Waals surface area contributed by atoms with Crippen molar-refractivity contribution in [2.24, 2.45) is 0 Å². The average Bonchev–Trinajstić information content (AvgIpc) is 2.88. The number of hydrogen-bond acceptors (Lipinski definition) is 3. The van der Waals surface area contributed by atoms with Gasteiger partial charge in [-0.15, -0.1) is 0 Å². The van der Waals surface area contributed by atoms with E-state index in [9.17, 15) is 9.90 Å². The molecule has 1 aromatic heterocycles. The fraction of sp³-hybridized carbons (Fsp3) is 0.286. The zero-order valence-corrected chi connectivity index (χ0v) is 10.8. The van der Waals surface area contributed by atoms with E-state index in [0.717, 1.165) is 11.3 Å². The van der Waals surface area contributed by atoms with Gasteiger partial charge in [0.2, 0.25) is 0 Å². The highest BCUT2D eigenvalue weighted by molar-refractivity contribution is 5.76. The van der Waals surface area contributed by atoms with E-state index in [2.05, 4.69) is 10.2 Å². The maximum absolute atomic E-state index is 11.0. The lowest BCUT2D eigenvalue weighted by molar-refractivity contribution is -0.150. The number of hydrogen-bond donors (Lipinski definition) is 3. The molecule has 5 nitrogen and oxygen atoms in total. The van der Waals surface area contributed by atoms with Gasteiger partial charge in [-0.3, -0.25) is 5.10 Å². The highest BCUT2D eigenvalue weighted by Crippen LogP contribution is 2.34. The second-order valence-corrected chi connectivity index (χ2v) is 4.99. The molecule has 1 heterocycles. The predicted molar refractivity (Wildman–Crippen MR) is 70.7 cm³/mol.